The van der Waals surface area contributed by atoms with Crippen LogP contribution in [0.15, 0.2) is 34.9 Å². The second-order valence-corrected chi connectivity index (χ2v) is 7.02. The minimum Gasteiger partial charge on any atom is -0.469 e. The van der Waals surface area contributed by atoms with Crippen molar-refractivity contribution >= 4 is 17.5 Å². The Bertz CT molecular complexity index is 767. The predicted molar refractivity (Wildman–Crippen MR) is 101 cm³/mol. The average Bonchev–Trinajstić information content (AvgIpc) is 2.99. The van der Waals surface area contributed by atoms with Crippen LogP contribution >= 0.6 is 0 Å². The van der Waals surface area contributed by atoms with Gasteiger partial charge in [-0.25, -0.2) is 0 Å². The van der Waals surface area contributed by atoms with Gasteiger partial charge < -0.3 is 9.32 Å². The third kappa shape index (κ3) is 3.82. The second-order valence-electron chi connectivity index (χ2n) is 7.02. The van der Waals surface area contributed by atoms with Crippen molar-refractivity contribution in [1.29, 1.82) is 0 Å². The zero-order valence-electron chi connectivity index (χ0n) is 15.7. The number of aryl methyl sites for hydroxylation is 3. The van der Waals surface area contributed by atoms with E-state index in [4.69, 9.17) is 4.42 Å². The van der Waals surface area contributed by atoms with Crippen LogP contribution in [0.25, 0.3) is 0 Å². The Hall–Kier alpha value is -2.56. The van der Waals surface area contributed by atoms with Crippen molar-refractivity contribution < 1.29 is 14.0 Å². The summed E-state index contributed by atoms with van der Waals surface area (Å²) in [4.78, 5) is 29.5. The maximum absolute atomic E-state index is 13.2. The van der Waals surface area contributed by atoms with Gasteiger partial charge in [0.05, 0.1) is 11.8 Å². The highest BCUT2D eigenvalue weighted by molar-refractivity contribution is 6.10. The Morgan fingerprint density at radius 2 is 1.69 bits per heavy atom. The van der Waals surface area contributed by atoms with Crippen molar-refractivity contribution in [3.63, 3.8) is 0 Å². The first-order chi connectivity index (χ1) is 12.5. The molecule has 3 rings (SSSR count). The molecule has 2 aromatic rings. The number of benzene rings is 1. The van der Waals surface area contributed by atoms with Crippen LogP contribution in [0.5, 0.6) is 0 Å². The van der Waals surface area contributed by atoms with E-state index in [-0.39, 0.29) is 18.4 Å². The molecule has 26 heavy (non-hydrogen) atoms. The maximum atomic E-state index is 13.2. The van der Waals surface area contributed by atoms with E-state index in [0.717, 1.165) is 49.2 Å². The summed E-state index contributed by atoms with van der Waals surface area (Å²) in [5.74, 6) is 0.385. The van der Waals surface area contributed by atoms with E-state index in [9.17, 15) is 9.59 Å². The SMILES string of the molecule is Cc1ccc(N(CC(=O)N2CCCCC2)C(=O)c2c(C)coc2C)cc1. The third-order valence-electron chi connectivity index (χ3n) is 4.97. The highest BCUT2D eigenvalue weighted by atomic mass is 16.3. The van der Waals surface area contributed by atoms with Crippen LogP contribution in [0.4, 0.5) is 5.69 Å². The van der Waals surface area contributed by atoms with E-state index in [1.54, 1.807) is 18.1 Å². The van der Waals surface area contributed by atoms with E-state index in [2.05, 4.69) is 0 Å². The van der Waals surface area contributed by atoms with Gasteiger partial charge in [-0.2, -0.15) is 0 Å². The van der Waals surface area contributed by atoms with Crippen LogP contribution in [0, 0.1) is 20.8 Å². The summed E-state index contributed by atoms with van der Waals surface area (Å²) >= 11 is 0. The Morgan fingerprint density at radius 3 is 2.27 bits per heavy atom. The summed E-state index contributed by atoms with van der Waals surface area (Å²) < 4.78 is 5.40. The molecule has 5 heteroatoms. The van der Waals surface area contributed by atoms with Crippen LogP contribution in [-0.2, 0) is 4.79 Å². The van der Waals surface area contributed by atoms with Gasteiger partial charge in [0.1, 0.15) is 12.3 Å². The molecule has 0 unspecified atom stereocenters. The van der Waals surface area contributed by atoms with E-state index in [0.29, 0.717) is 11.3 Å². The van der Waals surface area contributed by atoms with Gasteiger partial charge in [-0.3, -0.25) is 14.5 Å². The van der Waals surface area contributed by atoms with E-state index < -0.39 is 0 Å². The summed E-state index contributed by atoms with van der Waals surface area (Å²) in [5, 5.41) is 0. The third-order valence-corrected chi connectivity index (χ3v) is 4.97. The van der Waals surface area contributed by atoms with Gasteiger partial charge in [0, 0.05) is 24.3 Å². The molecule has 1 aliphatic rings. The Labute approximate surface area is 154 Å². The highest BCUT2D eigenvalue weighted by Gasteiger charge is 2.27. The molecule has 0 radical (unpaired) electrons. The van der Waals surface area contributed by atoms with Gasteiger partial charge in [-0.15, -0.1) is 0 Å². The second kappa shape index (κ2) is 7.77. The molecule has 1 saturated heterocycles. The largest absolute Gasteiger partial charge is 0.469 e. The van der Waals surface area contributed by atoms with Gasteiger partial charge in [-0.05, 0) is 52.2 Å². The lowest BCUT2D eigenvalue weighted by Gasteiger charge is -2.30. The van der Waals surface area contributed by atoms with Crippen molar-refractivity contribution in [3.05, 3.63) is 53.0 Å². The van der Waals surface area contributed by atoms with E-state index >= 15 is 0 Å². The standard InChI is InChI=1S/C21H26N2O3/c1-15-7-9-18(10-8-15)23(13-19(24)22-11-5-4-6-12-22)21(25)20-16(2)14-26-17(20)3/h7-10,14H,4-6,11-13H2,1-3H3. The van der Waals surface area contributed by atoms with Crippen LogP contribution < -0.4 is 4.90 Å². The number of piperidine rings is 1. The molecule has 0 saturated carbocycles. The Morgan fingerprint density at radius 1 is 1.04 bits per heavy atom. The molecule has 138 valence electrons. The molecule has 5 nitrogen and oxygen atoms in total. The molecule has 0 atom stereocenters. The summed E-state index contributed by atoms with van der Waals surface area (Å²) in [7, 11) is 0. The van der Waals surface area contributed by atoms with Gasteiger partial charge in [0.25, 0.3) is 5.91 Å². The predicted octanol–water partition coefficient (Wildman–Crippen LogP) is 3.86. The molecule has 0 bridgehead atoms. The topological polar surface area (TPSA) is 53.8 Å². The molecular formula is C21H26N2O3. The van der Waals surface area contributed by atoms with Gasteiger partial charge >= 0.3 is 0 Å². The molecule has 1 fully saturated rings. The fourth-order valence-electron chi connectivity index (χ4n) is 3.41. The highest BCUT2D eigenvalue weighted by Crippen LogP contribution is 2.23. The normalized spacial score (nSPS) is 14.3. The van der Waals surface area contributed by atoms with Crippen LogP contribution in [0.3, 0.4) is 0 Å². The van der Waals surface area contributed by atoms with Gasteiger partial charge in [-0.1, -0.05) is 17.7 Å². The van der Waals surface area contributed by atoms with Crippen molar-refractivity contribution in [2.75, 3.05) is 24.5 Å². The van der Waals surface area contributed by atoms with Crippen LogP contribution in [0.2, 0.25) is 0 Å². The fourth-order valence-corrected chi connectivity index (χ4v) is 3.41. The molecule has 1 aliphatic heterocycles. The van der Waals surface area contributed by atoms with Crippen LogP contribution in [-0.4, -0.2) is 36.3 Å². The first-order valence-electron chi connectivity index (χ1n) is 9.18. The molecule has 2 heterocycles. The Balaban J connectivity index is 1.90. The van der Waals surface area contributed by atoms with Crippen molar-refractivity contribution in [1.82, 2.24) is 4.90 Å². The Kier molecular flexibility index (Phi) is 5.45. The summed E-state index contributed by atoms with van der Waals surface area (Å²) in [6.45, 7) is 7.23. The smallest absolute Gasteiger partial charge is 0.262 e. The molecule has 2 amide bonds. The molecule has 0 N–H and O–H groups in total. The molecular weight excluding hydrogens is 328 g/mol. The number of furan rings is 1. The quantitative estimate of drug-likeness (QED) is 0.838. The number of anilines is 1. The first kappa shape index (κ1) is 18.2. The van der Waals surface area contributed by atoms with E-state index in [1.807, 2.05) is 43.0 Å². The summed E-state index contributed by atoms with van der Waals surface area (Å²) in [6, 6.07) is 7.69. The summed E-state index contributed by atoms with van der Waals surface area (Å²) in [5.41, 5.74) is 3.16. The van der Waals surface area contributed by atoms with Crippen molar-refractivity contribution in [3.8, 4) is 0 Å². The minimum atomic E-state index is -0.192. The zero-order chi connectivity index (χ0) is 18.7. The van der Waals surface area contributed by atoms with Crippen LogP contribution in [0.1, 0.15) is 46.5 Å². The molecule has 0 aliphatic carbocycles. The number of carbonyl (C=O) groups excluding carboxylic acids is 2. The number of amides is 2. The molecule has 0 spiro atoms. The van der Waals surface area contributed by atoms with E-state index in [1.165, 1.54) is 0 Å². The summed E-state index contributed by atoms with van der Waals surface area (Å²) in [6.07, 6.45) is 4.81. The van der Waals surface area contributed by atoms with Gasteiger partial charge in [0.2, 0.25) is 5.91 Å². The first-order valence-corrected chi connectivity index (χ1v) is 9.18. The molecule has 1 aromatic heterocycles. The average molecular weight is 354 g/mol. The fraction of sp³-hybridized carbons (Fsp3) is 0.429. The van der Waals surface area contributed by atoms with Crippen molar-refractivity contribution in [2.24, 2.45) is 0 Å². The van der Waals surface area contributed by atoms with Crippen molar-refractivity contribution in [2.45, 2.75) is 40.0 Å². The monoisotopic (exact) mass is 354 g/mol. The number of hydrogen-bond donors (Lipinski definition) is 0. The lowest BCUT2D eigenvalue weighted by Crippen LogP contribution is -2.45. The molecule has 1 aromatic carbocycles. The number of carbonyl (C=O) groups is 2. The number of rotatable bonds is 4. The number of nitrogens with zero attached hydrogens (tertiary/aromatic N) is 2. The lowest BCUT2D eigenvalue weighted by atomic mass is 10.1. The van der Waals surface area contributed by atoms with Gasteiger partial charge in [0.15, 0.2) is 0 Å². The lowest BCUT2D eigenvalue weighted by molar-refractivity contribution is -0.130. The minimum absolute atomic E-state index is 0.00238. The maximum Gasteiger partial charge on any atom is 0.262 e. The zero-order valence-corrected chi connectivity index (χ0v) is 15.7. The number of likely N-dealkylation sites (tertiary alicyclic amines) is 1. The number of hydrogen-bond acceptors (Lipinski definition) is 3.